The zero-order valence-electron chi connectivity index (χ0n) is 23.0. The molecule has 0 aliphatic carbocycles. The number of hydrogen-bond acceptors (Lipinski definition) is 15. The number of carbonyl (C=O) groups is 4. The number of oxime groups is 1. The number of nitrogens with two attached hydrogens (primary N) is 1. The van der Waals surface area contributed by atoms with Crippen molar-refractivity contribution >= 4 is 56.2 Å². The zero-order chi connectivity index (χ0) is 33.1. The molecule has 2 atom stereocenters. The molecule has 2 aliphatic rings. The number of nitrogen functional groups attached to an aromatic ring is 1. The van der Waals surface area contributed by atoms with Crippen LogP contribution < -0.4 is 21.8 Å². The Morgan fingerprint density at radius 2 is 1.93 bits per heavy atom. The number of aromatic hydroxyl groups is 1. The van der Waals surface area contributed by atoms with Gasteiger partial charge in [0.2, 0.25) is 16.9 Å². The maximum atomic E-state index is 13.4. The third kappa shape index (κ3) is 7.30. The number of pyridine rings is 1. The van der Waals surface area contributed by atoms with Gasteiger partial charge in [-0.25, -0.2) is 18.9 Å². The number of carbonyl (C=O) groups excluding carboxylic acids is 3. The summed E-state index contributed by atoms with van der Waals surface area (Å²) in [7, 11) is -5.12. The van der Waals surface area contributed by atoms with Gasteiger partial charge in [0.15, 0.2) is 22.4 Å². The van der Waals surface area contributed by atoms with E-state index < -0.39 is 88.0 Å². The topological polar surface area (TPSA) is 302 Å². The number of thiazole rings is 1. The Labute approximate surface area is 256 Å². The van der Waals surface area contributed by atoms with Crippen molar-refractivity contribution in [1.29, 1.82) is 0 Å². The lowest BCUT2D eigenvalue weighted by atomic mass is 9.84. The fourth-order valence-electron chi connectivity index (χ4n) is 4.53. The lowest BCUT2D eigenvalue weighted by molar-refractivity contribution is -0.178. The quantitative estimate of drug-likeness (QED) is 0.0433. The summed E-state index contributed by atoms with van der Waals surface area (Å²) < 4.78 is 39.0. The minimum Gasteiger partial charge on any atom is -0.503 e. The molecule has 45 heavy (non-hydrogen) atoms. The molecule has 8 N–H and O–H groups in total. The highest BCUT2D eigenvalue weighted by molar-refractivity contribution is 7.84. The molecule has 0 spiro atoms. The van der Waals surface area contributed by atoms with Crippen molar-refractivity contribution in [3.8, 4) is 5.75 Å². The van der Waals surface area contributed by atoms with Crippen molar-refractivity contribution in [3.05, 3.63) is 39.3 Å². The van der Waals surface area contributed by atoms with E-state index in [0.29, 0.717) is 10.9 Å². The van der Waals surface area contributed by atoms with Crippen LogP contribution >= 0.6 is 11.3 Å². The summed E-state index contributed by atoms with van der Waals surface area (Å²) in [6.45, 7) is -0.918. The lowest BCUT2D eigenvalue weighted by Gasteiger charge is -2.44. The summed E-state index contributed by atoms with van der Waals surface area (Å²) in [5.41, 5.74) is 2.30. The van der Waals surface area contributed by atoms with Gasteiger partial charge in [-0.15, -0.1) is 11.3 Å². The number of carboxylic acid groups (broad SMARTS) is 1. The van der Waals surface area contributed by atoms with Gasteiger partial charge < -0.3 is 41.4 Å². The number of rotatable bonds is 12. The highest BCUT2D eigenvalue weighted by Crippen LogP contribution is 2.33. The molecular weight excluding hydrogens is 646 g/mol. The van der Waals surface area contributed by atoms with E-state index in [1.807, 2.05) is 0 Å². The van der Waals surface area contributed by atoms with Crippen LogP contribution in [0.1, 0.15) is 30.7 Å². The van der Waals surface area contributed by atoms with Gasteiger partial charge in [0, 0.05) is 37.3 Å². The number of β-lactam (4-membered cyclic amide) rings is 1. The van der Waals surface area contributed by atoms with Crippen molar-refractivity contribution in [2.75, 3.05) is 25.5 Å². The summed E-state index contributed by atoms with van der Waals surface area (Å²) in [5, 5.41) is 38.5. The van der Waals surface area contributed by atoms with Crippen molar-refractivity contribution in [2.24, 2.45) is 11.1 Å². The Bertz CT molecular complexity index is 1700. The van der Waals surface area contributed by atoms with Crippen LogP contribution in [0.2, 0.25) is 0 Å². The molecule has 0 unspecified atom stereocenters. The molecule has 244 valence electrons. The lowest BCUT2D eigenvalue weighted by Crippen LogP contribution is -2.66. The fraction of sp³-hybridized carbons (Fsp3) is 0.435. The Kier molecular flexibility index (Phi) is 9.60. The van der Waals surface area contributed by atoms with Crippen LogP contribution in [0.15, 0.2) is 27.6 Å². The van der Waals surface area contributed by atoms with E-state index in [2.05, 4.69) is 20.8 Å². The van der Waals surface area contributed by atoms with Gasteiger partial charge in [-0.3, -0.25) is 18.9 Å². The minimum absolute atomic E-state index is 0.0281. The van der Waals surface area contributed by atoms with E-state index in [4.69, 9.17) is 15.3 Å². The monoisotopic (exact) mass is 673 g/mol. The molecular formula is C23H27N7O13S2. The number of nitrogens with zero attached hydrogens (tertiary/aromatic N) is 4. The number of hydrogen-bond donors (Lipinski definition) is 7. The standard InChI is InChI=1S/C23H27N7O13S2/c24-21-27-13(10-44-21)18(28-43-23(20(35)36)1-3-42-4-2-23)16(32)6-12-14(30(19(12)34)45(39,40)41)8-26-22(37)25-7-11-5-15(31)17(33)9-29(11)38/h5,9-10,12,14,33,38H,1-4,6-8H2,(H2,24,27)(H,35,36)(H2,25,26,37)(H,39,40,41)/b28-18-/t12-,14+/m0/s1. The summed E-state index contributed by atoms with van der Waals surface area (Å²) in [6, 6.07) is -1.56. The Morgan fingerprint density at radius 1 is 1.24 bits per heavy atom. The van der Waals surface area contributed by atoms with Gasteiger partial charge in [-0.05, 0) is 0 Å². The third-order valence-electron chi connectivity index (χ3n) is 6.98. The molecule has 2 aromatic heterocycles. The van der Waals surface area contributed by atoms with Gasteiger partial charge in [0.05, 0.1) is 43.6 Å². The Hall–Kier alpha value is -4.80. The van der Waals surface area contributed by atoms with Crippen molar-refractivity contribution < 1.29 is 57.1 Å². The van der Waals surface area contributed by atoms with Gasteiger partial charge in [0.1, 0.15) is 5.69 Å². The maximum absolute atomic E-state index is 13.4. The molecule has 4 heterocycles. The summed E-state index contributed by atoms with van der Waals surface area (Å²) in [5.74, 6) is -5.58. The highest BCUT2D eigenvalue weighted by atomic mass is 32.2. The largest absolute Gasteiger partial charge is 0.503 e. The second kappa shape index (κ2) is 13.1. The number of carboxylic acids is 1. The molecule has 2 aromatic rings. The van der Waals surface area contributed by atoms with Gasteiger partial charge in [-0.1, -0.05) is 5.16 Å². The van der Waals surface area contributed by atoms with E-state index >= 15 is 0 Å². The molecule has 0 bridgehead atoms. The van der Waals surface area contributed by atoms with E-state index in [9.17, 15) is 52.4 Å². The molecule has 4 rings (SSSR count). The molecule has 20 nitrogen and oxygen atoms in total. The summed E-state index contributed by atoms with van der Waals surface area (Å²) in [6.07, 6.45) is -0.186. The number of Topliss-reactive ketones (excluding diaryl/α,β-unsaturated/α-hetero) is 1. The number of aliphatic carboxylic acids is 1. The van der Waals surface area contributed by atoms with Crippen LogP contribution in [0.5, 0.6) is 5.75 Å². The molecule has 0 radical (unpaired) electrons. The number of ketones is 1. The van der Waals surface area contributed by atoms with Crippen molar-refractivity contribution in [2.45, 2.75) is 37.5 Å². The molecule has 2 saturated heterocycles. The normalized spacial score (nSPS) is 19.8. The predicted octanol–water partition coefficient (Wildman–Crippen LogP) is -1.73. The van der Waals surface area contributed by atoms with Crippen molar-refractivity contribution in [3.63, 3.8) is 0 Å². The van der Waals surface area contributed by atoms with E-state index in [1.165, 1.54) is 5.38 Å². The zero-order valence-corrected chi connectivity index (χ0v) is 24.6. The fourth-order valence-corrected chi connectivity index (χ4v) is 6.01. The predicted molar refractivity (Wildman–Crippen MR) is 150 cm³/mol. The molecule has 2 fully saturated rings. The first-order chi connectivity index (χ1) is 21.1. The van der Waals surface area contributed by atoms with Crippen molar-refractivity contribution in [1.82, 2.24) is 24.7 Å². The molecule has 3 amide bonds. The van der Waals surface area contributed by atoms with Gasteiger partial charge in [0.25, 0.3) is 0 Å². The SMILES string of the molecule is Nc1nc(/C(=N/OC2(C(=O)O)CCOCC2)C(=O)C[C@@H]2C(=O)N(S(=O)(=O)O)[C@@H]2CNC(=O)NCc2cc(=O)c(O)cn2O)cs1. The number of nitrogens with one attached hydrogen (secondary N) is 2. The average Bonchev–Trinajstić information content (AvgIpc) is 3.40. The van der Waals surface area contributed by atoms with Crippen LogP contribution in [0.3, 0.4) is 0 Å². The Balaban J connectivity index is 1.49. The average molecular weight is 674 g/mol. The van der Waals surface area contributed by atoms with Crippen LogP contribution in [0.4, 0.5) is 9.93 Å². The molecule has 2 aliphatic heterocycles. The smallest absolute Gasteiger partial charge is 0.362 e. The number of aromatic nitrogens is 2. The van der Waals surface area contributed by atoms with E-state index in [-0.39, 0.29) is 46.9 Å². The van der Waals surface area contributed by atoms with Crippen LogP contribution in [0, 0.1) is 5.92 Å². The second-order valence-electron chi connectivity index (χ2n) is 9.85. The first-order valence-electron chi connectivity index (χ1n) is 12.9. The van der Waals surface area contributed by atoms with Crippen LogP contribution in [-0.2, 0) is 40.8 Å². The number of urea groups is 1. The second-order valence-corrected chi connectivity index (χ2v) is 12.0. The molecule has 0 saturated carbocycles. The highest BCUT2D eigenvalue weighted by Gasteiger charge is 2.54. The first-order valence-corrected chi connectivity index (χ1v) is 15.2. The number of anilines is 1. The van der Waals surface area contributed by atoms with Gasteiger partial charge >= 0.3 is 22.3 Å². The summed E-state index contributed by atoms with van der Waals surface area (Å²) >= 11 is 0.930. The van der Waals surface area contributed by atoms with E-state index in [1.54, 1.807) is 0 Å². The minimum atomic E-state index is -5.12. The van der Waals surface area contributed by atoms with Crippen LogP contribution in [-0.4, -0.2) is 103 Å². The maximum Gasteiger partial charge on any atom is 0.362 e. The Morgan fingerprint density at radius 3 is 2.53 bits per heavy atom. The molecule has 0 aromatic carbocycles. The number of amides is 3. The first kappa shape index (κ1) is 33.1. The van der Waals surface area contributed by atoms with Crippen LogP contribution in [0.25, 0.3) is 0 Å². The molecule has 22 heteroatoms. The van der Waals surface area contributed by atoms with E-state index in [0.717, 1.165) is 17.4 Å². The third-order valence-corrected chi connectivity index (χ3v) is 8.60. The number of ether oxygens (including phenoxy) is 1. The summed E-state index contributed by atoms with van der Waals surface area (Å²) in [4.78, 5) is 71.4. The van der Waals surface area contributed by atoms with Gasteiger partial charge in [-0.2, -0.15) is 13.1 Å².